The number of nitrogens with one attached hydrogen (secondary N) is 1. The number of carbonyl (C=O) groups is 2. The molecule has 0 atom stereocenters. The lowest BCUT2D eigenvalue weighted by atomic mass is 10.1. The number of carbonyl (C=O) groups excluding carboxylic acids is 2. The van der Waals surface area contributed by atoms with Crippen molar-refractivity contribution < 1.29 is 23.1 Å². The third kappa shape index (κ3) is 3.64. The zero-order valence-corrected chi connectivity index (χ0v) is 13.3. The summed E-state index contributed by atoms with van der Waals surface area (Å²) in [6.07, 6.45) is -0.295. The predicted octanol–water partition coefficient (Wildman–Crippen LogP) is 2.17. The fourth-order valence-corrected chi connectivity index (χ4v) is 2.43. The van der Waals surface area contributed by atoms with Gasteiger partial charge in [-0.25, -0.2) is 13.9 Å². The van der Waals surface area contributed by atoms with Crippen LogP contribution in [0.4, 0.5) is 8.78 Å². The minimum Gasteiger partial charge on any atom is -0.457 e. The van der Waals surface area contributed by atoms with E-state index in [2.05, 4.69) is 10.2 Å². The third-order valence-corrected chi connectivity index (χ3v) is 3.68. The van der Waals surface area contributed by atoms with Crippen LogP contribution in [0.1, 0.15) is 16.1 Å². The van der Waals surface area contributed by atoms with E-state index in [1.54, 1.807) is 24.3 Å². The molecule has 2 aromatic carbocycles. The van der Waals surface area contributed by atoms with Crippen molar-refractivity contribution in [1.82, 2.24) is 10.2 Å². The van der Waals surface area contributed by atoms with Crippen molar-refractivity contribution >= 4 is 22.5 Å². The highest BCUT2D eigenvalue weighted by molar-refractivity contribution is 5.98. The number of benzene rings is 2. The van der Waals surface area contributed by atoms with Gasteiger partial charge in [0.1, 0.15) is 11.6 Å². The number of esters is 1. The molecule has 26 heavy (non-hydrogen) atoms. The third-order valence-electron chi connectivity index (χ3n) is 3.68. The van der Waals surface area contributed by atoms with Crippen molar-refractivity contribution in [3.63, 3.8) is 0 Å². The first-order chi connectivity index (χ1) is 12.5. The maximum absolute atomic E-state index is 13.5. The number of hydrogen-bond acceptors (Lipinski definition) is 5. The molecule has 3 aromatic rings. The van der Waals surface area contributed by atoms with Gasteiger partial charge >= 0.3 is 5.97 Å². The first-order valence-corrected chi connectivity index (χ1v) is 7.56. The zero-order chi connectivity index (χ0) is 18.7. The molecule has 0 saturated heterocycles. The lowest BCUT2D eigenvalue weighted by Crippen LogP contribution is -2.19. The smallest absolute Gasteiger partial charge is 0.312 e. The number of aromatic amines is 1. The number of H-pyrrole nitrogens is 1. The van der Waals surface area contributed by atoms with Gasteiger partial charge in [0.15, 0.2) is 6.61 Å². The Bertz CT molecular complexity index is 1060. The Labute approximate surface area is 145 Å². The van der Waals surface area contributed by atoms with Gasteiger partial charge in [0.25, 0.3) is 5.56 Å². The fraction of sp³-hybridized carbons (Fsp3) is 0.111. The second-order valence-electron chi connectivity index (χ2n) is 5.43. The molecule has 1 heterocycles. The van der Waals surface area contributed by atoms with Crippen molar-refractivity contribution in [1.29, 1.82) is 0 Å². The molecule has 0 saturated carbocycles. The molecule has 0 amide bonds. The Morgan fingerprint density at radius 1 is 1.08 bits per heavy atom. The number of Topliss-reactive ketones (excluding diaryl/α,β-unsaturated/α-hetero) is 1. The lowest BCUT2D eigenvalue weighted by Gasteiger charge is -2.07. The topological polar surface area (TPSA) is 89.1 Å². The van der Waals surface area contributed by atoms with Crippen LogP contribution in [0, 0.1) is 11.6 Å². The van der Waals surface area contributed by atoms with E-state index >= 15 is 0 Å². The van der Waals surface area contributed by atoms with E-state index in [1.165, 1.54) is 0 Å². The number of fused-ring (bicyclic) bond motifs is 1. The number of hydrogen-bond donors (Lipinski definition) is 1. The average molecular weight is 358 g/mol. The van der Waals surface area contributed by atoms with Crippen LogP contribution in [-0.2, 0) is 16.0 Å². The van der Waals surface area contributed by atoms with Gasteiger partial charge < -0.3 is 4.74 Å². The van der Waals surface area contributed by atoms with Gasteiger partial charge in [-0.1, -0.05) is 18.2 Å². The minimum atomic E-state index is -0.902. The quantitative estimate of drug-likeness (QED) is 0.558. The van der Waals surface area contributed by atoms with Crippen molar-refractivity contribution in [2.75, 3.05) is 6.61 Å². The lowest BCUT2D eigenvalue weighted by molar-refractivity contribution is -0.141. The standard InChI is InChI=1S/C18H12F2N2O4/c19-10-5-6-14(20)13(7-10)16(23)9-26-17(24)8-15-11-3-1-2-4-12(11)18(25)22-21-15/h1-7H,8-9H2,(H,22,25). The summed E-state index contributed by atoms with van der Waals surface area (Å²) in [4.78, 5) is 35.5. The molecular weight excluding hydrogens is 346 g/mol. The summed E-state index contributed by atoms with van der Waals surface area (Å²) < 4.78 is 31.5. The van der Waals surface area contributed by atoms with Crippen LogP contribution in [0.2, 0.25) is 0 Å². The summed E-state index contributed by atoms with van der Waals surface area (Å²) in [6, 6.07) is 9.02. The van der Waals surface area contributed by atoms with Crippen LogP contribution in [0.5, 0.6) is 0 Å². The molecule has 0 radical (unpaired) electrons. The number of halogens is 2. The predicted molar refractivity (Wildman–Crippen MR) is 87.7 cm³/mol. The maximum atomic E-state index is 13.5. The van der Waals surface area contributed by atoms with E-state index in [9.17, 15) is 23.2 Å². The number of nitrogens with zero attached hydrogens (tertiary/aromatic N) is 1. The monoisotopic (exact) mass is 358 g/mol. The molecule has 8 heteroatoms. The second-order valence-corrected chi connectivity index (χ2v) is 5.43. The summed E-state index contributed by atoms with van der Waals surface area (Å²) in [5, 5.41) is 6.95. The number of ketones is 1. The van der Waals surface area contributed by atoms with Gasteiger partial charge in [0.2, 0.25) is 5.78 Å². The molecule has 6 nitrogen and oxygen atoms in total. The molecule has 0 bridgehead atoms. The minimum absolute atomic E-state index is 0.273. The maximum Gasteiger partial charge on any atom is 0.312 e. The molecule has 1 aromatic heterocycles. The molecule has 0 spiro atoms. The van der Waals surface area contributed by atoms with Crippen LogP contribution in [0.25, 0.3) is 10.8 Å². The molecule has 0 aliphatic carbocycles. The Morgan fingerprint density at radius 2 is 1.81 bits per heavy atom. The van der Waals surface area contributed by atoms with Crippen LogP contribution in [-0.4, -0.2) is 28.6 Å². The molecule has 0 unspecified atom stereocenters. The van der Waals surface area contributed by atoms with E-state index in [0.29, 0.717) is 10.8 Å². The Kier molecular flexibility index (Phi) is 4.83. The molecule has 1 N–H and O–H groups in total. The van der Waals surface area contributed by atoms with E-state index in [1.807, 2.05) is 0 Å². The van der Waals surface area contributed by atoms with Gasteiger partial charge in [-0.05, 0) is 24.3 Å². The number of aromatic nitrogens is 2. The Morgan fingerprint density at radius 3 is 2.58 bits per heavy atom. The average Bonchev–Trinajstić information content (AvgIpc) is 2.64. The van der Waals surface area contributed by atoms with Gasteiger partial charge in [-0.15, -0.1) is 0 Å². The molecular formula is C18H12F2N2O4. The van der Waals surface area contributed by atoms with Crippen molar-refractivity contribution in [2.24, 2.45) is 0 Å². The summed E-state index contributed by atoms with van der Waals surface area (Å²) in [5.41, 5.74) is -0.616. The second kappa shape index (κ2) is 7.22. The van der Waals surface area contributed by atoms with Crippen LogP contribution in [0.15, 0.2) is 47.3 Å². The van der Waals surface area contributed by atoms with Crippen LogP contribution >= 0.6 is 0 Å². The first kappa shape index (κ1) is 17.4. The molecule has 3 rings (SSSR count). The Balaban J connectivity index is 1.70. The highest BCUT2D eigenvalue weighted by Gasteiger charge is 2.17. The number of rotatable bonds is 5. The van der Waals surface area contributed by atoms with Crippen LogP contribution in [0.3, 0.4) is 0 Å². The normalized spacial score (nSPS) is 10.7. The molecule has 0 aliphatic heterocycles. The van der Waals surface area contributed by atoms with Gasteiger partial charge in [0, 0.05) is 5.39 Å². The van der Waals surface area contributed by atoms with Crippen molar-refractivity contribution in [2.45, 2.75) is 6.42 Å². The van der Waals surface area contributed by atoms with E-state index < -0.39 is 41.1 Å². The Hall–Kier alpha value is -3.42. The van der Waals surface area contributed by atoms with E-state index in [-0.39, 0.29) is 12.1 Å². The van der Waals surface area contributed by atoms with E-state index in [4.69, 9.17) is 4.74 Å². The van der Waals surface area contributed by atoms with Gasteiger partial charge in [-0.2, -0.15) is 5.10 Å². The fourth-order valence-electron chi connectivity index (χ4n) is 2.43. The summed E-state index contributed by atoms with van der Waals surface area (Å²) in [6.45, 7) is -0.736. The molecule has 0 fully saturated rings. The van der Waals surface area contributed by atoms with Gasteiger partial charge in [0.05, 0.1) is 23.1 Å². The summed E-state index contributed by atoms with van der Waals surface area (Å²) in [5.74, 6) is -3.33. The highest BCUT2D eigenvalue weighted by Crippen LogP contribution is 2.14. The van der Waals surface area contributed by atoms with Crippen molar-refractivity contribution in [3.05, 3.63) is 75.7 Å². The zero-order valence-electron chi connectivity index (χ0n) is 13.3. The number of ether oxygens (including phenoxy) is 1. The highest BCUT2D eigenvalue weighted by atomic mass is 19.1. The van der Waals surface area contributed by atoms with Gasteiger partial charge in [-0.3, -0.25) is 14.4 Å². The summed E-state index contributed by atoms with van der Waals surface area (Å²) >= 11 is 0. The van der Waals surface area contributed by atoms with Crippen LogP contribution < -0.4 is 5.56 Å². The molecule has 132 valence electrons. The first-order valence-electron chi connectivity index (χ1n) is 7.56. The largest absolute Gasteiger partial charge is 0.457 e. The van der Waals surface area contributed by atoms with Crippen molar-refractivity contribution in [3.8, 4) is 0 Å². The molecule has 0 aliphatic rings. The van der Waals surface area contributed by atoms with E-state index in [0.717, 1.165) is 18.2 Å². The SMILES string of the molecule is O=C(Cc1n[nH]c(=O)c2ccccc12)OCC(=O)c1cc(F)ccc1F. The summed E-state index contributed by atoms with van der Waals surface area (Å²) in [7, 11) is 0.